The van der Waals surface area contributed by atoms with Gasteiger partial charge in [0.25, 0.3) is 0 Å². The van der Waals surface area contributed by atoms with Crippen molar-refractivity contribution in [3.63, 3.8) is 0 Å². The second kappa shape index (κ2) is 6.50. The Bertz CT molecular complexity index is 2250. The van der Waals surface area contributed by atoms with Crippen LogP contribution in [0.2, 0.25) is 0 Å². The van der Waals surface area contributed by atoms with Gasteiger partial charge in [0.1, 0.15) is 0 Å². The van der Waals surface area contributed by atoms with E-state index in [2.05, 4.69) is 121 Å². The number of hydrogen-bond acceptors (Lipinski definition) is 0. The third-order valence-corrected chi connectivity index (χ3v) is 8.32. The molecule has 0 fully saturated rings. The van der Waals surface area contributed by atoms with Gasteiger partial charge in [-0.1, -0.05) is 115 Å². The maximum atomic E-state index is 2.44. The lowest BCUT2D eigenvalue weighted by molar-refractivity contribution is 1.77. The van der Waals surface area contributed by atoms with Crippen molar-refractivity contribution in [2.75, 3.05) is 0 Å². The van der Waals surface area contributed by atoms with E-state index in [-0.39, 0.29) is 0 Å². The highest BCUT2D eigenvalue weighted by molar-refractivity contribution is 6.38. The Kier molecular flexibility index (Phi) is 3.36. The monoisotopic (exact) mass is 452 g/mol. The summed E-state index contributed by atoms with van der Waals surface area (Å²) < 4.78 is 0. The highest BCUT2D eigenvalue weighted by atomic mass is 14.3. The summed E-state index contributed by atoms with van der Waals surface area (Å²) in [6.45, 7) is 0. The Balaban J connectivity index is 1.67. The lowest BCUT2D eigenvalue weighted by Crippen LogP contribution is -1.89. The quantitative estimate of drug-likeness (QED) is 0.201. The molecule has 0 unspecified atom stereocenters. The molecule has 1 aliphatic carbocycles. The molecular weight excluding hydrogens is 432 g/mol. The Labute approximate surface area is 208 Å². The van der Waals surface area contributed by atoms with Crippen LogP contribution in [0.15, 0.2) is 121 Å². The standard InChI is InChI=1S/C36H20/c1-5-12-25-21(8-1)16-18-28-29-19-17-22-9-2-6-13-26(22)34(29)36-31-20-23-10-3-4-11-24(23)27-14-7-15-30(32(27)31)35(36)33(25)28/h1-20H. The van der Waals surface area contributed by atoms with Gasteiger partial charge < -0.3 is 0 Å². The molecule has 9 rings (SSSR count). The van der Waals surface area contributed by atoms with Crippen molar-refractivity contribution >= 4 is 64.6 Å². The first kappa shape index (κ1) is 18.6. The molecule has 0 saturated carbocycles. The van der Waals surface area contributed by atoms with Gasteiger partial charge in [0.05, 0.1) is 0 Å². The van der Waals surface area contributed by atoms with Crippen LogP contribution < -0.4 is 0 Å². The average Bonchev–Trinajstić information content (AvgIpc) is 3.27. The van der Waals surface area contributed by atoms with E-state index >= 15 is 0 Å². The number of fused-ring (bicyclic) bond motifs is 14. The third-order valence-electron chi connectivity index (χ3n) is 8.32. The zero-order chi connectivity index (χ0) is 23.4. The van der Waals surface area contributed by atoms with Crippen LogP contribution in [0.5, 0.6) is 0 Å². The molecule has 0 saturated heterocycles. The van der Waals surface area contributed by atoms with E-state index < -0.39 is 0 Å². The van der Waals surface area contributed by atoms with Gasteiger partial charge in [-0.3, -0.25) is 0 Å². The van der Waals surface area contributed by atoms with E-state index in [1.807, 2.05) is 0 Å². The van der Waals surface area contributed by atoms with Crippen molar-refractivity contribution < 1.29 is 0 Å². The summed E-state index contributed by atoms with van der Waals surface area (Å²) in [7, 11) is 0. The van der Waals surface area contributed by atoms with Crippen molar-refractivity contribution in [1.29, 1.82) is 0 Å². The van der Waals surface area contributed by atoms with E-state index in [1.165, 1.54) is 86.9 Å². The van der Waals surface area contributed by atoms with Gasteiger partial charge in [0.15, 0.2) is 0 Å². The summed E-state index contributed by atoms with van der Waals surface area (Å²) in [6, 6.07) is 45.1. The molecule has 0 heteroatoms. The summed E-state index contributed by atoms with van der Waals surface area (Å²) in [4.78, 5) is 0. The second-order valence-electron chi connectivity index (χ2n) is 10.0. The van der Waals surface area contributed by atoms with Crippen molar-refractivity contribution in [2.24, 2.45) is 0 Å². The molecule has 0 aromatic heterocycles. The molecule has 0 bridgehead atoms. The van der Waals surface area contributed by atoms with Crippen LogP contribution in [-0.4, -0.2) is 0 Å². The van der Waals surface area contributed by atoms with Crippen LogP contribution in [0, 0.1) is 0 Å². The fourth-order valence-electron chi connectivity index (χ4n) is 6.89. The van der Waals surface area contributed by atoms with Gasteiger partial charge in [-0.15, -0.1) is 0 Å². The molecule has 0 atom stereocenters. The van der Waals surface area contributed by atoms with Crippen LogP contribution >= 0.6 is 0 Å². The number of rotatable bonds is 0. The van der Waals surface area contributed by atoms with Crippen LogP contribution in [0.25, 0.3) is 86.9 Å². The molecule has 8 aromatic rings. The highest BCUT2D eigenvalue weighted by Crippen LogP contribution is 2.56. The summed E-state index contributed by atoms with van der Waals surface area (Å²) in [5.41, 5.74) is 5.51. The Morgan fingerprint density at radius 2 is 0.778 bits per heavy atom. The van der Waals surface area contributed by atoms with Crippen LogP contribution in [0.4, 0.5) is 0 Å². The van der Waals surface area contributed by atoms with Crippen LogP contribution in [-0.2, 0) is 0 Å². The molecule has 0 spiro atoms. The van der Waals surface area contributed by atoms with Gasteiger partial charge in [0.2, 0.25) is 0 Å². The molecule has 0 radical (unpaired) electrons. The van der Waals surface area contributed by atoms with E-state index in [1.54, 1.807) is 0 Å². The summed E-state index contributed by atoms with van der Waals surface area (Å²) in [5.74, 6) is 0. The highest BCUT2D eigenvalue weighted by Gasteiger charge is 2.28. The minimum atomic E-state index is 1.29. The molecular formula is C36H20. The van der Waals surface area contributed by atoms with Crippen LogP contribution in [0.1, 0.15) is 0 Å². The van der Waals surface area contributed by atoms with Crippen LogP contribution in [0.3, 0.4) is 0 Å². The fourth-order valence-corrected chi connectivity index (χ4v) is 6.89. The normalized spacial score (nSPS) is 12.4. The molecule has 0 aliphatic heterocycles. The Hall–Kier alpha value is -4.68. The van der Waals surface area contributed by atoms with Gasteiger partial charge in [-0.05, 0) is 93.0 Å². The first-order valence-corrected chi connectivity index (χ1v) is 12.6. The minimum absolute atomic E-state index is 1.29. The molecule has 1 aliphatic rings. The van der Waals surface area contributed by atoms with Crippen molar-refractivity contribution in [3.8, 4) is 22.3 Å². The smallest absolute Gasteiger partial charge is 0.000697 e. The number of hydrogen-bond donors (Lipinski definition) is 0. The summed E-state index contributed by atoms with van der Waals surface area (Å²) >= 11 is 0. The van der Waals surface area contributed by atoms with E-state index in [0.717, 1.165) is 0 Å². The van der Waals surface area contributed by atoms with Gasteiger partial charge in [-0.25, -0.2) is 0 Å². The Morgan fingerprint density at radius 3 is 1.44 bits per heavy atom. The lowest BCUT2D eigenvalue weighted by atomic mass is 9.85. The van der Waals surface area contributed by atoms with Crippen molar-refractivity contribution in [3.05, 3.63) is 121 Å². The third kappa shape index (κ3) is 2.16. The zero-order valence-corrected chi connectivity index (χ0v) is 19.5. The fraction of sp³-hybridized carbons (Fsp3) is 0. The summed E-state index contributed by atoms with van der Waals surface area (Å²) in [6.07, 6.45) is 0. The predicted molar refractivity (Wildman–Crippen MR) is 156 cm³/mol. The lowest BCUT2D eigenvalue weighted by Gasteiger charge is -2.17. The Morgan fingerprint density at radius 1 is 0.278 bits per heavy atom. The SMILES string of the molecule is c1ccc2c(c1)cc1c3c(cccc32)-c2c-1c1c3ccccc3ccc1c1ccc3ccccc3c21. The maximum Gasteiger partial charge on any atom is -0.000697 e. The van der Waals surface area contributed by atoms with Gasteiger partial charge >= 0.3 is 0 Å². The zero-order valence-electron chi connectivity index (χ0n) is 19.5. The molecule has 0 N–H and O–H groups in total. The maximum absolute atomic E-state index is 2.44. The van der Waals surface area contributed by atoms with E-state index in [4.69, 9.17) is 0 Å². The molecule has 0 heterocycles. The van der Waals surface area contributed by atoms with E-state index in [0.29, 0.717) is 0 Å². The van der Waals surface area contributed by atoms with E-state index in [9.17, 15) is 0 Å². The largest absolute Gasteiger partial charge is 0.0616 e. The van der Waals surface area contributed by atoms with Crippen molar-refractivity contribution in [1.82, 2.24) is 0 Å². The van der Waals surface area contributed by atoms with Gasteiger partial charge in [-0.2, -0.15) is 0 Å². The van der Waals surface area contributed by atoms with Gasteiger partial charge in [0, 0.05) is 0 Å². The molecule has 0 nitrogen and oxygen atoms in total. The molecule has 8 aromatic carbocycles. The molecule has 0 amide bonds. The first-order valence-electron chi connectivity index (χ1n) is 12.6. The van der Waals surface area contributed by atoms with Crippen molar-refractivity contribution in [2.45, 2.75) is 0 Å². The first-order chi connectivity index (χ1) is 17.9. The minimum Gasteiger partial charge on any atom is -0.0616 e. The number of benzene rings is 8. The average molecular weight is 453 g/mol. The predicted octanol–water partition coefficient (Wildman–Crippen LogP) is 10.3. The summed E-state index contributed by atoms with van der Waals surface area (Å²) in [5, 5.41) is 16.0. The molecule has 36 heavy (non-hydrogen) atoms. The molecule has 164 valence electrons. The topological polar surface area (TPSA) is 0 Å². The second-order valence-corrected chi connectivity index (χ2v) is 10.0.